The van der Waals surface area contributed by atoms with Gasteiger partial charge in [-0.25, -0.2) is 0 Å². The van der Waals surface area contributed by atoms with Crippen LogP contribution in [0.4, 0.5) is 0 Å². The molecule has 0 aromatic carbocycles. The molecule has 0 aromatic rings. The average molecular weight is 240 g/mol. The Morgan fingerprint density at radius 3 is 2.29 bits per heavy atom. The molecule has 0 saturated carbocycles. The van der Waals surface area contributed by atoms with Gasteiger partial charge in [-0.15, -0.1) is 0 Å². The number of nitrogens with two attached hydrogens (primary N) is 1. The zero-order valence-corrected chi connectivity index (χ0v) is 11.2. The van der Waals surface area contributed by atoms with E-state index < -0.39 is 0 Å². The van der Waals surface area contributed by atoms with E-state index in [1.54, 1.807) is 0 Å². The normalized spacial score (nSPS) is 21.8. The largest absolute Gasteiger partial charge is 0.328 e. The number of carbonyl (C=O) groups excluding carboxylic acids is 2. The second-order valence-electron chi connectivity index (χ2n) is 5.77. The number of imide groups is 1. The van der Waals surface area contributed by atoms with Crippen molar-refractivity contribution in [3.63, 3.8) is 0 Å². The number of nitrogens with zero attached hydrogens (tertiary/aromatic N) is 1. The van der Waals surface area contributed by atoms with E-state index in [9.17, 15) is 9.59 Å². The molecular weight excluding hydrogens is 216 g/mol. The Hall–Kier alpha value is -0.900. The first kappa shape index (κ1) is 14.2. The van der Waals surface area contributed by atoms with E-state index in [0.717, 1.165) is 19.3 Å². The molecule has 0 bridgehead atoms. The Labute approximate surface area is 104 Å². The molecule has 0 spiro atoms. The van der Waals surface area contributed by atoms with Gasteiger partial charge < -0.3 is 5.73 Å². The second-order valence-corrected chi connectivity index (χ2v) is 5.77. The lowest BCUT2D eigenvalue weighted by Gasteiger charge is -2.34. The summed E-state index contributed by atoms with van der Waals surface area (Å²) in [6, 6.07) is 0.182. The summed E-state index contributed by atoms with van der Waals surface area (Å²) in [4.78, 5) is 25.1. The molecule has 4 heteroatoms. The number of carbonyl (C=O) groups is 2. The summed E-state index contributed by atoms with van der Waals surface area (Å²) in [6.07, 6.45) is 3.57. The van der Waals surface area contributed by atoms with E-state index in [-0.39, 0.29) is 23.3 Å². The minimum atomic E-state index is -0.176. The molecule has 1 fully saturated rings. The Bertz CT molecular complexity index is 280. The molecule has 17 heavy (non-hydrogen) atoms. The second kappa shape index (κ2) is 5.63. The SMILES string of the molecule is CCC(N)CCCN1C(=O)CC(C)(C)CC1=O. The van der Waals surface area contributed by atoms with Crippen molar-refractivity contribution in [2.75, 3.05) is 6.54 Å². The van der Waals surface area contributed by atoms with Crippen LogP contribution in [0.5, 0.6) is 0 Å². The van der Waals surface area contributed by atoms with Gasteiger partial charge in [-0.1, -0.05) is 20.8 Å². The van der Waals surface area contributed by atoms with Crippen LogP contribution >= 0.6 is 0 Å². The lowest BCUT2D eigenvalue weighted by atomic mass is 9.81. The molecule has 1 aliphatic rings. The molecular formula is C13H24N2O2. The summed E-state index contributed by atoms with van der Waals surface area (Å²) in [5.41, 5.74) is 5.64. The Balaban J connectivity index is 2.44. The highest BCUT2D eigenvalue weighted by molar-refractivity contribution is 5.98. The van der Waals surface area contributed by atoms with E-state index in [1.165, 1.54) is 4.90 Å². The predicted octanol–water partition coefficient (Wildman–Crippen LogP) is 1.68. The Morgan fingerprint density at radius 1 is 1.29 bits per heavy atom. The van der Waals surface area contributed by atoms with Crippen LogP contribution in [0.15, 0.2) is 0 Å². The summed E-state index contributed by atoms with van der Waals surface area (Å²) in [5, 5.41) is 0. The molecule has 4 nitrogen and oxygen atoms in total. The number of hydrogen-bond acceptors (Lipinski definition) is 3. The first-order chi connectivity index (χ1) is 7.85. The molecule has 1 aliphatic heterocycles. The van der Waals surface area contributed by atoms with Crippen molar-refractivity contribution in [2.45, 2.75) is 58.9 Å². The fourth-order valence-corrected chi connectivity index (χ4v) is 2.18. The topological polar surface area (TPSA) is 63.4 Å². The maximum atomic E-state index is 11.8. The van der Waals surface area contributed by atoms with Gasteiger partial charge in [0.05, 0.1) is 0 Å². The lowest BCUT2D eigenvalue weighted by molar-refractivity contribution is -0.152. The van der Waals surface area contributed by atoms with Crippen LogP contribution in [0.3, 0.4) is 0 Å². The quantitative estimate of drug-likeness (QED) is 0.744. The molecule has 1 atom stereocenters. The van der Waals surface area contributed by atoms with Gasteiger partial charge in [0.1, 0.15) is 0 Å². The van der Waals surface area contributed by atoms with Crippen LogP contribution in [0.2, 0.25) is 0 Å². The van der Waals surface area contributed by atoms with Crippen molar-refractivity contribution in [1.82, 2.24) is 4.90 Å². The van der Waals surface area contributed by atoms with E-state index >= 15 is 0 Å². The summed E-state index contributed by atoms with van der Waals surface area (Å²) in [5.74, 6) is -0.0624. The fourth-order valence-electron chi connectivity index (χ4n) is 2.18. The molecule has 1 unspecified atom stereocenters. The van der Waals surface area contributed by atoms with Crippen molar-refractivity contribution in [1.29, 1.82) is 0 Å². The highest BCUT2D eigenvalue weighted by Gasteiger charge is 2.36. The molecule has 2 N–H and O–H groups in total. The van der Waals surface area contributed by atoms with Gasteiger partial charge in [0.2, 0.25) is 11.8 Å². The van der Waals surface area contributed by atoms with E-state index in [0.29, 0.717) is 19.4 Å². The molecule has 0 radical (unpaired) electrons. The standard InChI is InChI=1S/C13H24N2O2/c1-4-10(14)6-5-7-15-11(16)8-13(2,3)9-12(15)17/h10H,4-9,14H2,1-3H3. The molecule has 0 aliphatic carbocycles. The van der Waals surface area contributed by atoms with E-state index in [4.69, 9.17) is 5.73 Å². The third-order valence-corrected chi connectivity index (χ3v) is 3.34. The minimum absolute atomic E-state index is 0.0312. The van der Waals surface area contributed by atoms with Crippen LogP contribution in [-0.2, 0) is 9.59 Å². The first-order valence-electron chi connectivity index (χ1n) is 6.44. The average Bonchev–Trinajstić information content (AvgIpc) is 2.20. The van der Waals surface area contributed by atoms with Crippen molar-refractivity contribution in [3.05, 3.63) is 0 Å². The van der Waals surface area contributed by atoms with E-state index in [2.05, 4.69) is 0 Å². The third-order valence-electron chi connectivity index (χ3n) is 3.34. The molecule has 1 saturated heterocycles. The zero-order valence-electron chi connectivity index (χ0n) is 11.2. The van der Waals surface area contributed by atoms with Gasteiger partial charge >= 0.3 is 0 Å². The van der Waals surface area contributed by atoms with Crippen LogP contribution < -0.4 is 5.73 Å². The van der Waals surface area contributed by atoms with Gasteiger partial charge in [-0.05, 0) is 24.7 Å². The highest BCUT2D eigenvalue weighted by atomic mass is 16.2. The van der Waals surface area contributed by atoms with Crippen molar-refractivity contribution in [3.8, 4) is 0 Å². The molecule has 98 valence electrons. The molecule has 0 aromatic heterocycles. The van der Waals surface area contributed by atoms with Crippen LogP contribution in [-0.4, -0.2) is 29.3 Å². The van der Waals surface area contributed by atoms with Gasteiger partial charge in [0.25, 0.3) is 0 Å². The monoisotopic (exact) mass is 240 g/mol. The lowest BCUT2D eigenvalue weighted by Crippen LogP contribution is -2.46. The van der Waals surface area contributed by atoms with Gasteiger partial charge in [0.15, 0.2) is 0 Å². The minimum Gasteiger partial charge on any atom is -0.328 e. The van der Waals surface area contributed by atoms with Crippen molar-refractivity contribution >= 4 is 11.8 Å². The highest BCUT2D eigenvalue weighted by Crippen LogP contribution is 2.31. The smallest absolute Gasteiger partial charge is 0.229 e. The Morgan fingerprint density at radius 2 is 1.82 bits per heavy atom. The predicted molar refractivity (Wildman–Crippen MR) is 67.2 cm³/mol. The number of amides is 2. The van der Waals surface area contributed by atoms with Crippen LogP contribution in [0.25, 0.3) is 0 Å². The third kappa shape index (κ3) is 4.11. The number of piperidine rings is 1. The summed E-state index contributed by atoms with van der Waals surface area (Å²) >= 11 is 0. The maximum absolute atomic E-state index is 11.8. The van der Waals surface area contributed by atoms with Crippen LogP contribution in [0, 0.1) is 5.41 Å². The van der Waals surface area contributed by atoms with Gasteiger partial charge in [-0.2, -0.15) is 0 Å². The summed E-state index contributed by atoms with van der Waals surface area (Å²) in [7, 11) is 0. The summed E-state index contributed by atoms with van der Waals surface area (Å²) in [6.45, 7) is 6.51. The zero-order chi connectivity index (χ0) is 13.1. The number of rotatable bonds is 5. The van der Waals surface area contributed by atoms with Gasteiger partial charge in [-0.3, -0.25) is 14.5 Å². The van der Waals surface area contributed by atoms with Crippen molar-refractivity contribution < 1.29 is 9.59 Å². The van der Waals surface area contributed by atoms with Crippen LogP contribution in [0.1, 0.15) is 52.9 Å². The molecule has 1 rings (SSSR count). The van der Waals surface area contributed by atoms with E-state index in [1.807, 2.05) is 20.8 Å². The maximum Gasteiger partial charge on any atom is 0.229 e. The number of hydrogen-bond donors (Lipinski definition) is 1. The molecule has 1 heterocycles. The molecule has 2 amide bonds. The fraction of sp³-hybridized carbons (Fsp3) is 0.846. The first-order valence-corrected chi connectivity index (χ1v) is 6.44. The number of likely N-dealkylation sites (tertiary alicyclic amines) is 1. The Kier molecular flexibility index (Phi) is 4.69. The summed E-state index contributed by atoms with van der Waals surface area (Å²) < 4.78 is 0. The van der Waals surface area contributed by atoms with Crippen molar-refractivity contribution in [2.24, 2.45) is 11.1 Å². The van der Waals surface area contributed by atoms with Gasteiger partial charge in [0, 0.05) is 25.4 Å².